The Bertz CT molecular complexity index is 880. The fraction of sp³-hybridized carbons (Fsp3) is 0.312. The number of rotatable bonds is 4. The molecule has 3 aromatic rings. The van der Waals surface area contributed by atoms with E-state index in [4.69, 9.17) is 11.6 Å². The van der Waals surface area contributed by atoms with Gasteiger partial charge in [-0.25, -0.2) is 4.52 Å². The van der Waals surface area contributed by atoms with Gasteiger partial charge in [0.25, 0.3) is 5.91 Å². The van der Waals surface area contributed by atoms with Gasteiger partial charge >= 0.3 is 0 Å². The number of halogens is 1. The number of nitrogens with one attached hydrogen (secondary N) is 3. The van der Waals surface area contributed by atoms with Crippen LogP contribution in [0.15, 0.2) is 30.7 Å². The number of aromatic amines is 1. The lowest BCUT2D eigenvalue weighted by atomic mass is 10.0. The van der Waals surface area contributed by atoms with Crippen LogP contribution in [0.2, 0.25) is 5.02 Å². The number of pyridine rings is 1. The Balaban J connectivity index is 1.52. The first-order valence-electron chi connectivity index (χ1n) is 7.87. The molecule has 0 radical (unpaired) electrons. The number of carbonyl (C=O) groups is 1. The third kappa shape index (κ3) is 2.65. The van der Waals surface area contributed by atoms with Crippen LogP contribution in [0.1, 0.15) is 34.0 Å². The highest BCUT2D eigenvalue weighted by molar-refractivity contribution is 6.34. The SMILES string of the molecule is O=C(NCc1cn[nH]c1C1CCNC1)c1cnn2cccc(Cl)c12. The zero-order chi connectivity index (χ0) is 16.5. The Morgan fingerprint density at radius 1 is 1.46 bits per heavy atom. The summed E-state index contributed by atoms with van der Waals surface area (Å²) in [6.45, 7) is 2.37. The van der Waals surface area contributed by atoms with Crippen molar-refractivity contribution in [2.75, 3.05) is 13.1 Å². The third-order valence-corrected chi connectivity index (χ3v) is 4.70. The molecule has 0 aliphatic carbocycles. The Morgan fingerprint density at radius 2 is 2.38 bits per heavy atom. The normalized spacial score (nSPS) is 17.5. The lowest BCUT2D eigenvalue weighted by molar-refractivity contribution is 0.0952. The fourth-order valence-electron chi connectivity index (χ4n) is 3.15. The van der Waals surface area contributed by atoms with Gasteiger partial charge in [0.05, 0.1) is 28.5 Å². The summed E-state index contributed by atoms with van der Waals surface area (Å²) < 4.78 is 1.60. The van der Waals surface area contributed by atoms with Gasteiger partial charge in [0.1, 0.15) is 0 Å². The third-order valence-electron chi connectivity index (χ3n) is 4.40. The standard InChI is InChI=1S/C16H17ClN6O/c17-13-2-1-5-23-15(13)12(9-21-23)16(24)19-7-11-8-20-22-14(11)10-3-4-18-6-10/h1-2,5,8-10,18H,3-4,6-7H2,(H,19,24)(H,20,22). The summed E-state index contributed by atoms with van der Waals surface area (Å²) in [4.78, 5) is 12.5. The summed E-state index contributed by atoms with van der Waals surface area (Å²) in [5.74, 6) is 0.223. The van der Waals surface area contributed by atoms with Crippen LogP contribution in [0.5, 0.6) is 0 Å². The van der Waals surface area contributed by atoms with Crippen molar-refractivity contribution in [3.8, 4) is 0 Å². The highest BCUT2D eigenvalue weighted by Crippen LogP contribution is 2.24. The van der Waals surface area contributed by atoms with Crippen LogP contribution >= 0.6 is 11.6 Å². The molecule has 1 atom stereocenters. The molecule has 0 aromatic carbocycles. The molecule has 4 rings (SSSR count). The molecule has 3 N–H and O–H groups in total. The van der Waals surface area contributed by atoms with Crippen LogP contribution in [0.3, 0.4) is 0 Å². The van der Waals surface area contributed by atoms with Crippen molar-refractivity contribution < 1.29 is 4.79 Å². The summed E-state index contributed by atoms with van der Waals surface area (Å²) in [7, 11) is 0. The molecule has 7 nitrogen and oxygen atoms in total. The van der Waals surface area contributed by atoms with Crippen LogP contribution in [0.4, 0.5) is 0 Å². The van der Waals surface area contributed by atoms with Crippen molar-refractivity contribution in [2.24, 2.45) is 0 Å². The lowest BCUT2D eigenvalue weighted by Gasteiger charge is -2.10. The number of amides is 1. The van der Waals surface area contributed by atoms with E-state index in [1.54, 1.807) is 29.0 Å². The van der Waals surface area contributed by atoms with Gasteiger partial charge in [-0.1, -0.05) is 11.6 Å². The smallest absolute Gasteiger partial charge is 0.255 e. The van der Waals surface area contributed by atoms with Crippen molar-refractivity contribution in [3.05, 3.63) is 52.6 Å². The molecule has 0 bridgehead atoms. The van der Waals surface area contributed by atoms with Crippen molar-refractivity contribution in [3.63, 3.8) is 0 Å². The van der Waals surface area contributed by atoms with Crippen molar-refractivity contribution in [1.29, 1.82) is 0 Å². The number of hydrogen-bond donors (Lipinski definition) is 3. The van der Waals surface area contributed by atoms with Gasteiger partial charge < -0.3 is 10.6 Å². The van der Waals surface area contributed by atoms with E-state index >= 15 is 0 Å². The Kier molecular flexibility index (Phi) is 3.95. The number of hydrogen-bond acceptors (Lipinski definition) is 4. The van der Waals surface area contributed by atoms with Gasteiger partial charge in [0.2, 0.25) is 0 Å². The molecule has 0 spiro atoms. The minimum absolute atomic E-state index is 0.199. The average Bonchev–Trinajstić information content (AvgIpc) is 3.31. The van der Waals surface area contributed by atoms with Gasteiger partial charge in [0.15, 0.2) is 0 Å². The molecule has 3 aromatic heterocycles. The number of H-pyrrole nitrogens is 1. The largest absolute Gasteiger partial charge is 0.348 e. The van der Waals surface area contributed by atoms with E-state index in [2.05, 4.69) is 25.9 Å². The molecule has 1 saturated heterocycles. The molecule has 8 heteroatoms. The monoisotopic (exact) mass is 344 g/mol. The van der Waals surface area contributed by atoms with Crippen molar-refractivity contribution >= 4 is 23.0 Å². The minimum Gasteiger partial charge on any atom is -0.348 e. The van der Waals surface area contributed by atoms with Crippen LogP contribution in [0, 0.1) is 0 Å². The maximum atomic E-state index is 12.5. The molecule has 124 valence electrons. The van der Waals surface area contributed by atoms with Crippen LogP contribution in [0.25, 0.3) is 5.52 Å². The second kappa shape index (κ2) is 6.26. The Hall–Kier alpha value is -2.38. The second-order valence-corrected chi connectivity index (χ2v) is 6.30. The Labute approximate surface area is 143 Å². The summed E-state index contributed by atoms with van der Waals surface area (Å²) in [5, 5.41) is 18.1. The minimum atomic E-state index is -0.199. The molecule has 1 fully saturated rings. The summed E-state index contributed by atoms with van der Waals surface area (Å²) in [6.07, 6.45) is 6.15. The fourth-order valence-corrected chi connectivity index (χ4v) is 3.42. The van der Waals surface area contributed by atoms with E-state index in [0.717, 1.165) is 30.8 Å². The zero-order valence-corrected chi connectivity index (χ0v) is 13.7. The maximum absolute atomic E-state index is 12.5. The molecule has 0 saturated carbocycles. The predicted octanol–water partition coefficient (Wildman–Crippen LogP) is 1.72. The molecule has 24 heavy (non-hydrogen) atoms. The highest BCUT2D eigenvalue weighted by Gasteiger charge is 2.22. The quantitative estimate of drug-likeness (QED) is 0.672. The van der Waals surface area contributed by atoms with Gasteiger partial charge in [-0.15, -0.1) is 0 Å². The molecular weight excluding hydrogens is 328 g/mol. The van der Waals surface area contributed by atoms with Gasteiger partial charge in [-0.3, -0.25) is 9.89 Å². The second-order valence-electron chi connectivity index (χ2n) is 5.89. The van der Waals surface area contributed by atoms with E-state index in [0.29, 0.717) is 28.6 Å². The number of nitrogens with zero attached hydrogens (tertiary/aromatic N) is 3. The summed E-state index contributed by atoms with van der Waals surface area (Å²) >= 11 is 6.20. The van der Waals surface area contributed by atoms with Crippen LogP contribution < -0.4 is 10.6 Å². The molecule has 1 unspecified atom stereocenters. The first kappa shape index (κ1) is 15.2. The first-order valence-corrected chi connectivity index (χ1v) is 8.24. The molecule has 4 heterocycles. The number of aromatic nitrogens is 4. The number of carbonyl (C=O) groups excluding carboxylic acids is 1. The molecule has 1 aliphatic heterocycles. The summed E-state index contributed by atoms with van der Waals surface area (Å²) in [6, 6.07) is 3.54. The van der Waals surface area contributed by atoms with Crippen LogP contribution in [-0.4, -0.2) is 38.8 Å². The zero-order valence-electron chi connectivity index (χ0n) is 12.9. The summed E-state index contributed by atoms with van der Waals surface area (Å²) in [5.41, 5.74) is 3.19. The average molecular weight is 345 g/mol. The van der Waals surface area contributed by atoms with Crippen LogP contribution in [-0.2, 0) is 6.54 Å². The maximum Gasteiger partial charge on any atom is 0.255 e. The molecular formula is C16H17ClN6O. The van der Waals surface area contributed by atoms with E-state index in [1.807, 2.05) is 0 Å². The van der Waals surface area contributed by atoms with Crippen molar-refractivity contribution in [2.45, 2.75) is 18.9 Å². The Morgan fingerprint density at radius 3 is 3.21 bits per heavy atom. The van der Waals surface area contributed by atoms with E-state index in [-0.39, 0.29) is 5.91 Å². The van der Waals surface area contributed by atoms with E-state index in [1.165, 1.54) is 6.20 Å². The van der Waals surface area contributed by atoms with Gasteiger partial charge in [-0.05, 0) is 25.1 Å². The lowest BCUT2D eigenvalue weighted by Crippen LogP contribution is -2.23. The first-order chi connectivity index (χ1) is 11.7. The van der Waals surface area contributed by atoms with Gasteiger partial charge in [-0.2, -0.15) is 10.2 Å². The van der Waals surface area contributed by atoms with E-state index < -0.39 is 0 Å². The van der Waals surface area contributed by atoms with Crippen molar-refractivity contribution in [1.82, 2.24) is 30.4 Å². The number of fused-ring (bicyclic) bond motifs is 1. The predicted molar refractivity (Wildman–Crippen MR) is 90.2 cm³/mol. The molecule has 1 amide bonds. The van der Waals surface area contributed by atoms with E-state index in [9.17, 15) is 4.79 Å². The topological polar surface area (TPSA) is 87.1 Å². The molecule has 1 aliphatic rings. The van der Waals surface area contributed by atoms with Gasteiger partial charge in [0, 0.05) is 36.5 Å². The highest BCUT2D eigenvalue weighted by atomic mass is 35.5.